The number of rotatable bonds is 19. The molecule has 0 bridgehead atoms. The Labute approximate surface area is 469 Å². The average molecular weight is 1140 g/mol. The van der Waals surface area contributed by atoms with E-state index in [1.807, 2.05) is 36.4 Å². The Morgan fingerprint density at radius 2 is 1.41 bits per heavy atom. The predicted molar refractivity (Wildman–Crippen MR) is 300 cm³/mol. The van der Waals surface area contributed by atoms with Crippen LogP contribution in [-0.4, -0.2) is 161 Å². The molecule has 16 N–H and O–H groups in total. The van der Waals surface area contributed by atoms with Crippen LogP contribution in [0.3, 0.4) is 0 Å². The molecule has 3 aromatic rings. The van der Waals surface area contributed by atoms with E-state index < -0.39 is 121 Å². The van der Waals surface area contributed by atoms with Gasteiger partial charge in [0.25, 0.3) is 0 Å². The lowest BCUT2D eigenvalue weighted by atomic mass is 9.95. The summed E-state index contributed by atoms with van der Waals surface area (Å²) in [6.45, 7) is -0.145. The smallest absolute Gasteiger partial charge is 0.246 e. The molecule has 0 aromatic heterocycles. The maximum absolute atomic E-state index is 14.7. The van der Waals surface area contributed by atoms with Crippen LogP contribution in [0.1, 0.15) is 68.9 Å². The summed E-state index contributed by atoms with van der Waals surface area (Å²) < 4.78 is 0. The van der Waals surface area contributed by atoms with Crippen LogP contribution in [0.25, 0.3) is 10.8 Å². The fraction of sp³-hybridized carbons (Fsp3) is 0.472. The fourth-order valence-corrected chi connectivity index (χ4v) is 12.0. The lowest BCUT2D eigenvalue weighted by molar-refractivity contribution is -0.142. The van der Waals surface area contributed by atoms with Crippen molar-refractivity contribution in [1.82, 2.24) is 41.7 Å². The van der Waals surface area contributed by atoms with Gasteiger partial charge < -0.3 is 70.4 Å². The van der Waals surface area contributed by atoms with Crippen LogP contribution < -0.4 is 60.6 Å². The van der Waals surface area contributed by atoms with E-state index in [1.165, 1.54) is 20.6 Å². The van der Waals surface area contributed by atoms with Crippen LogP contribution >= 0.6 is 21.6 Å². The lowest BCUT2D eigenvalue weighted by Gasteiger charge is -2.31. The third kappa shape index (κ3) is 18.3. The molecule has 80 heavy (non-hydrogen) atoms. The molecule has 11 amide bonds. The van der Waals surface area contributed by atoms with Gasteiger partial charge in [-0.1, -0.05) is 94.4 Å². The number of likely N-dealkylation sites (tertiary alicyclic amines) is 1. The predicted octanol–water partition coefficient (Wildman–Crippen LogP) is -2.16. The average Bonchev–Trinajstić information content (AvgIpc) is 4.12. The van der Waals surface area contributed by atoms with Crippen LogP contribution in [0.5, 0.6) is 0 Å². The van der Waals surface area contributed by atoms with E-state index >= 15 is 0 Å². The number of amides is 11. The number of fused-ring (bicyclic) bond motifs is 2. The third-order valence-corrected chi connectivity index (χ3v) is 16.2. The second kappa shape index (κ2) is 29.9. The van der Waals surface area contributed by atoms with Gasteiger partial charge in [0.15, 0.2) is 5.96 Å². The van der Waals surface area contributed by atoms with Crippen LogP contribution in [0.4, 0.5) is 0 Å². The van der Waals surface area contributed by atoms with E-state index in [9.17, 15) is 52.7 Å². The number of hydrogen-bond donors (Lipinski definition) is 11. The minimum Gasteiger partial charge on any atom is -0.370 e. The number of nitrogens with one attached hydrogen (secondary N) is 6. The first-order valence-electron chi connectivity index (χ1n) is 26.3. The second-order valence-electron chi connectivity index (χ2n) is 19.9. The maximum Gasteiger partial charge on any atom is 0.246 e. The Morgan fingerprint density at radius 1 is 0.725 bits per heavy atom. The van der Waals surface area contributed by atoms with Crippen LogP contribution in [0, 0.1) is 5.92 Å². The summed E-state index contributed by atoms with van der Waals surface area (Å²) in [6.07, 6.45) is -0.178. The number of carbonyl (C=O) groups excluding carboxylic acids is 11. The van der Waals surface area contributed by atoms with Gasteiger partial charge in [0.05, 0.1) is 13.0 Å². The highest BCUT2D eigenvalue weighted by molar-refractivity contribution is 8.76. The number of benzene rings is 3. The number of hydrogen-bond acceptors (Lipinski definition) is 14. The molecular weight excluding hydrogens is 1070 g/mol. The SMILES string of the molecule is NC(=O)CC[C@@H]1NC(=O)[C@H](Cc2ccccc2)NC(=O)[C@@H]2C[C@@H](Cc3ccc4ccccc4c3)CN2C(=O)CCSSC[C@@H](C(=O)N2CCC[C@H]2C(=O)N[C@H](CCCN=C(N)N)C(=O)NCC(N)=O)NC(=O)[C@H](CC(N)=O)NC1=O. The topological polar surface area (TPSA) is 409 Å². The van der Waals surface area contributed by atoms with Gasteiger partial charge in [-0.25, -0.2) is 0 Å². The zero-order chi connectivity index (χ0) is 57.9. The number of guanidine groups is 1. The van der Waals surface area contributed by atoms with Gasteiger partial charge in [-0.3, -0.25) is 57.7 Å². The highest BCUT2D eigenvalue weighted by Gasteiger charge is 2.43. The Morgan fingerprint density at radius 3 is 2.12 bits per heavy atom. The summed E-state index contributed by atoms with van der Waals surface area (Å²) in [6, 6.07) is 13.3. The molecule has 3 aromatic carbocycles. The first-order chi connectivity index (χ1) is 38.3. The molecule has 3 saturated heterocycles. The fourth-order valence-electron chi connectivity index (χ4n) is 9.87. The van der Waals surface area contributed by atoms with Gasteiger partial charge >= 0.3 is 0 Å². The van der Waals surface area contributed by atoms with E-state index in [0.717, 1.165) is 27.1 Å². The van der Waals surface area contributed by atoms with E-state index in [0.29, 0.717) is 18.4 Å². The highest BCUT2D eigenvalue weighted by atomic mass is 33.1. The van der Waals surface area contributed by atoms with Crippen LogP contribution in [0.15, 0.2) is 77.8 Å². The van der Waals surface area contributed by atoms with Crippen molar-refractivity contribution in [3.63, 3.8) is 0 Å². The first kappa shape index (κ1) is 61.3. The van der Waals surface area contributed by atoms with Gasteiger partial charge in [0, 0.05) is 50.4 Å². The quantitative estimate of drug-likeness (QED) is 0.0264. The maximum atomic E-state index is 14.7. The normalized spacial score (nSPS) is 22.8. The molecule has 3 aliphatic heterocycles. The minimum absolute atomic E-state index is 0.0225. The molecule has 0 radical (unpaired) electrons. The molecule has 0 spiro atoms. The summed E-state index contributed by atoms with van der Waals surface area (Å²) in [4.78, 5) is 157. The number of carbonyl (C=O) groups is 11. The van der Waals surface area contributed by atoms with Crippen molar-refractivity contribution in [2.75, 3.05) is 37.7 Å². The summed E-state index contributed by atoms with van der Waals surface area (Å²) in [7, 11) is 2.32. The molecule has 27 heteroatoms. The molecule has 6 rings (SSSR count). The zero-order valence-corrected chi connectivity index (χ0v) is 45.7. The van der Waals surface area contributed by atoms with Gasteiger partial charge in [-0.05, 0) is 72.8 Å². The second-order valence-corrected chi connectivity index (χ2v) is 22.5. The van der Waals surface area contributed by atoms with Gasteiger partial charge in [0.1, 0.15) is 42.3 Å². The highest BCUT2D eigenvalue weighted by Crippen LogP contribution is 2.31. The Bertz CT molecular complexity index is 2800. The van der Waals surface area contributed by atoms with E-state index in [4.69, 9.17) is 28.7 Å². The minimum atomic E-state index is -1.75. The van der Waals surface area contributed by atoms with Crippen molar-refractivity contribution in [3.8, 4) is 0 Å². The molecule has 0 unspecified atom stereocenters. The van der Waals surface area contributed by atoms with Gasteiger partial charge in [0.2, 0.25) is 65.0 Å². The Kier molecular flexibility index (Phi) is 22.9. The monoisotopic (exact) mass is 1140 g/mol. The van der Waals surface area contributed by atoms with Crippen molar-refractivity contribution in [2.45, 2.75) is 113 Å². The van der Waals surface area contributed by atoms with E-state index in [1.54, 1.807) is 30.3 Å². The van der Waals surface area contributed by atoms with Gasteiger partial charge in [-0.15, -0.1) is 0 Å². The molecule has 0 aliphatic carbocycles. The van der Waals surface area contributed by atoms with Crippen LogP contribution in [0.2, 0.25) is 0 Å². The number of primary amides is 3. The van der Waals surface area contributed by atoms with Crippen molar-refractivity contribution < 1.29 is 52.7 Å². The summed E-state index contributed by atoms with van der Waals surface area (Å²) in [5, 5.41) is 17.7. The molecule has 0 saturated carbocycles. The van der Waals surface area contributed by atoms with E-state index in [-0.39, 0.29) is 93.9 Å². The first-order valence-corrected chi connectivity index (χ1v) is 28.8. The lowest BCUT2D eigenvalue weighted by Crippen LogP contribution is -2.61. The van der Waals surface area contributed by atoms with Crippen LogP contribution in [-0.2, 0) is 65.6 Å². The molecule has 3 heterocycles. The molecule has 3 aliphatic rings. The standard InChI is InChI=1S/C53H70N14O11S2/c54-42(68)17-16-36-47(73)63-38(26-43(55)69)49(75)65-39(52(78)66-20-7-13-40(66)50(76)62-35(12-6-19-59-53(57)58)46(72)60-27-44(56)70)29-80-79-21-18-45(71)67-28-32(22-31-14-15-33-10-4-5-11-34(33)23-31)25-41(67)51(77)64-37(48(74)61-36)24-30-8-2-1-3-9-30/h1-5,8-11,14-15,23,32,35-41H,6-7,12-13,16-22,24-29H2,(H2,54,68)(H2,55,69)(H2,56,70)(H,60,72)(H,61,74)(H,62,76)(H,63,73)(H,64,77)(H,65,75)(H4,57,58,59)/t32-,35-,36+,37+,38+,39+,40+,41+/m1/s1. The van der Waals surface area contributed by atoms with Crippen molar-refractivity contribution in [2.24, 2.45) is 39.6 Å². The zero-order valence-electron chi connectivity index (χ0n) is 44.1. The number of aliphatic imine (C=N–C) groups is 1. The Hall–Kier alpha value is -7.94. The summed E-state index contributed by atoms with van der Waals surface area (Å²) in [5.74, 6) is -9.14. The summed E-state index contributed by atoms with van der Waals surface area (Å²) in [5.41, 5.74) is 28.8. The molecular formula is C53H70N14O11S2. The number of nitrogens with two attached hydrogens (primary N) is 5. The van der Waals surface area contributed by atoms with Crippen molar-refractivity contribution in [1.29, 1.82) is 0 Å². The Balaban J connectivity index is 1.29. The van der Waals surface area contributed by atoms with Crippen molar-refractivity contribution >= 4 is 103 Å². The number of nitrogens with zero attached hydrogens (tertiary/aromatic N) is 3. The molecule has 3 fully saturated rings. The third-order valence-electron chi connectivity index (χ3n) is 13.8. The van der Waals surface area contributed by atoms with Crippen molar-refractivity contribution in [3.05, 3.63) is 83.9 Å². The van der Waals surface area contributed by atoms with Gasteiger partial charge in [-0.2, -0.15) is 0 Å². The molecule has 25 nitrogen and oxygen atoms in total. The van der Waals surface area contributed by atoms with E-state index in [2.05, 4.69) is 43.0 Å². The summed E-state index contributed by atoms with van der Waals surface area (Å²) >= 11 is 0. The largest absolute Gasteiger partial charge is 0.370 e. The molecule has 8 atom stereocenters. The molecule has 430 valence electrons.